The molecule has 2 aromatic rings. The topological polar surface area (TPSA) is 88.1 Å². The van der Waals surface area contributed by atoms with E-state index in [1.165, 1.54) is 31.3 Å². The molecule has 29 heavy (non-hydrogen) atoms. The Balaban J connectivity index is 2.07. The summed E-state index contributed by atoms with van der Waals surface area (Å²) in [4.78, 5) is 26.8. The number of phenolic OH excluding ortho intramolecular Hbond substituents is 1. The van der Waals surface area contributed by atoms with Gasteiger partial charge in [-0.05, 0) is 86.0 Å². The summed E-state index contributed by atoms with van der Waals surface area (Å²) >= 11 is 11.8. The molecular formula is C19H14Br2N2O5S. The number of nitrogens with zero attached hydrogens (tertiary/aromatic N) is 1. The minimum atomic E-state index is -0.625. The third-order valence-corrected chi connectivity index (χ3v) is 6.57. The van der Waals surface area contributed by atoms with Crippen LogP contribution in [0.15, 0.2) is 44.9 Å². The predicted molar refractivity (Wildman–Crippen MR) is 119 cm³/mol. The van der Waals surface area contributed by atoms with Crippen LogP contribution in [0, 0.1) is 0 Å². The van der Waals surface area contributed by atoms with Crippen molar-refractivity contribution in [3.63, 3.8) is 0 Å². The molecule has 0 aromatic heterocycles. The first-order valence-corrected chi connectivity index (χ1v) is 10.1. The second kappa shape index (κ2) is 8.52. The molecule has 1 aliphatic heterocycles. The zero-order valence-corrected chi connectivity index (χ0v) is 19.1. The monoisotopic (exact) mass is 540 g/mol. The van der Waals surface area contributed by atoms with Crippen LogP contribution < -0.4 is 19.7 Å². The maximum absolute atomic E-state index is 13.1. The van der Waals surface area contributed by atoms with Crippen LogP contribution in [0.4, 0.5) is 5.69 Å². The fourth-order valence-corrected chi connectivity index (χ4v) is 3.77. The molecule has 0 radical (unpaired) electrons. The van der Waals surface area contributed by atoms with Gasteiger partial charge in [0.1, 0.15) is 11.3 Å². The Morgan fingerprint density at radius 3 is 2.34 bits per heavy atom. The highest BCUT2D eigenvalue weighted by molar-refractivity contribution is 9.13. The normalized spacial score (nSPS) is 15.5. The van der Waals surface area contributed by atoms with Gasteiger partial charge in [0, 0.05) is 4.47 Å². The molecule has 2 amide bonds. The van der Waals surface area contributed by atoms with Crippen molar-refractivity contribution in [1.82, 2.24) is 5.32 Å². The summed E-state index contributed by atoms with van der Waals surface area (Å²) in [5.74, 6) is -0.521. The first kappa shape index (κ1) is 21.3. The van der Waals surface area contributed by atoms with Gasteiger partial charge in [-0.25, -0.2) is 0 Å². The maximum Gasteiger partial charge on any atom is 0.270 e. The Kier molecular flexibility index (Phi) is 6.25. The fourth-order valence-electron chi connectivity index (χ4n) is 2.65. The van der Waals surface area contributed by atoms with E-state index in [1.54, 1.807) is 24.3 Å². The molecule has 0 spiro atoms. The van der Waals surface area contributed by atoms with Crippen molar-refractivity contribution >= 4 is 72.8 Å². The second-order valence-electron chi connectivity index (χ2n) is 5.80. The van der Waals surface area contributed by atoms with E-state index in [4.69, 9.17) is 21.7 Å². The lowest BCUT2D eigenvalue weighted by molar-refractivity contribution is -0.122. The maximum atomic E-state index is 13.1. The lowest BCUT2D eigenvalue weighted by atomic mass is 10.1. The third-order valence-electron chi connectivity index (χ3n) is 4.13. The molecule has 7 nitrogen and oxygen atoms in total. The lowest BCUT2D eigenvalue weighted by Gasteiger charge is -2.29. The third kappa shape index (κ3) is 4.00. The molecule has 0 saturated carbocycles. The molecule has 0 bridgehead atoms. The van der Waals surface area contributed by atoms with Crippen molar-refractivity contribution in [3.05, 3.63) is 50.4 Å². The first-order chi connectivity index (χ1) is 13.8. The highest BCUT2D eigenvalue weighted by Crippen LogP contribution is 2.42. The van der Waals surface area contributed by atoms with E-state index in [2.05, 4.69) is 37.2 Å². The number of nitrogens with one attached hydrogen (secondary N) is 1. The molecule has 0 unspecified atom stereocenters. The van der Waals surface area contributed by atoms with Crippen LogP contribution in [-0.2, 0) is 9.59 Å². The number of aromatic hydroxyl groups is 1. The minimum Gasteiger partial charge on any atom is -0.503 e. The number of anilines is 1. The predicted octanol–water partition coefficient (Wildman–Crippen LogP) is 3.77. The first-order valence-electron chi connectivity index (χ1n) is 8.09. The minimum absolute atomic E-state index is 0.0224. The van der Waals surface area contributed by atoms with Crippen LogP contribution in [0.1, 0.15) is 5.56 Å². The molecule has 1 aliphatic rings. The number of phenols is 1. The van der Waals surface area contributed by atoms with Gasteiger partial charge in [-0.2, -0.15) is 0 Å². The standard InChI is InChI=1S/C19H14Br2N2O5S/c1-27-11-5-3-10(4-6-11)23-18(26)12(17(25)22-19(23)29)7-9-8-13(28-2)16(24)15(21)14(9)20/h3-8,24H,1-2H3,(H,22,25,29)/b12-7+. The number of amides is 2. The van der Waals surface area contributed by atoms with Gasteiger partial charge in [0.25, 0.3) is 11.8 Å². The molecule has 0 atom stereocenters. The number of benzene rings is 2. The number of ether oxygens (including phenoxy) is 2. The van der Waals surface area contributed by atoms with Crippen LogP contribution in [0.3, 0.4) is 0 Å². The van der Waals surface area contributed by atoms with E-state index < -0.39 is 11.8 Å². The highest BCUT2D eigenvalue weighted by atomic mass is 79.9. The number of hydrogen-bond donors (Lipinski definition) is 2. The van der Waals surface area contributed by atoms with Gasteiger partial charge in [-0.3, -0.25) is 19.8 Å². The number of carbonyl (C=O) groups excluding carboxylic acids is 2. The second-order valence-corrected chi connectivity index (χ2v) is 7.77. The van der Waals surface area contributed by atoms with Crippen molar-refractivity contribution in [2.24, 2.45) is 0 Å². The molecule has 3 rings (SSSR count). The summed E-state index contributed by atoms with van der Waals surface area (Å²) in [6, 6.07) is 8.19. The number of halogens is 2. The highest BCUT2D eigenvalue weighted by Gasteiger charge is 2.34. The smallest absolute Gasteiger partial charge is 0.270 e. The van der Waals surface area contributed by atoms with Crippen LogP contribution in [-0.4, -0.2) is 36.3 Å². The Morgan fingerprint density at radius 2 is 1.76 bits per heavy atom. The average Bonchev–Trinajstić information content (AvgIpc) is 2.71. The molecule has 0 aliphatic carbocycles. The molecule has 2 N–H and O–H groups in total. The summed E-state index contributed by atoms with van der Waals surface area (Å²) in [5.41, 5.74) is 0.803. The van der Waals surface area contributed by atoms with Crippen molar-refractivity contribution in [1.29, 1.82) is 0 Å². The van der Waals surface area contributed by atoms with Crippen LogP contribution in [0.25, 0.3) is 6.08 Å². The van der Waals surface area contributed by atoms with E-state index in [1.807, 2.05) is 0 Å². The summed E-state index contributed by atoms with van der Waals surface area (Å²) in [6.07, 6.45) is 1.40. The quantitative estimate of drug-likeness (QED) is 0.348. The van der Waals surface area contributed by atoms with E-state index in [9.17, 15) is 14.7 Å². The van der Waals surface area contributed by atoms with Crippen molar-refractivity contribution in [2.75, 3.05) is 19.1 Å². The number of thiocarbonyl (C=S) groups is 1. The van der Waals surface area contributed by atoms with Crippen molar-refractivity contribution in [2.45, 2.75) is 0 Å². The average molecular weight is 542 g/mol. The molecule has 1 fully saturated rings. The van der Waals surface area contributed by atoms with Gasteiger partial charge in [0.2, 0.25) is 0 Å². The van der Waals surface area contributed by atoms with E-state index in [-0.39, 0.29) is 22.2 Å². The molecule has 10 heteroatoms. The lowest BCUT2D eigenvalue weighted by Crippen LogP contribution is -2.54. The van der Waals surface area contributed by atoms with Crippen LogP contribution in [0.2, 0.25) is 0 Å². The molecule has 1 saturated heterocycles. The van der Waals surface area contributed by atoms with Gasteiger partial charge in [-0.15, -0.1) is 0 Å². The Morgan fingerprint density at radius 1 is 1.10 bits per heavy atom. The van der Waals surface area contributed by atoms with E-state index >= 15 is 0 Å². The number of rotatable bonds is 4. The molecule has 2 aromatic carbocycles. The van der Waals surface area contributed by atoms with Crippen molar-refractivity contribution in [3.8, 4) is 17.2 Å². The van der Waals surface area contributed by atoms with Gasteiger partial charge < -0.3 is 14.6 Å². The van der Waals surface area contributed by atoms with Crippen LogP contribution in [0.5, 0.6) is 17.2 Å². The molecule has 1 heterocycles. The summed E-state index contributed by atoms with van der Waals surface area (Å²) in [5, 5.41) is 12.6. The molecular weight excluding hydrogens is 528 g/mol. The van der Waals surface area contributed by atoms with Gasteiger partial charge >= 0.3 is 0 Å². The Hall–Kier alpha value is -2.43. The Bertz CT molecular complexity index is 1050. The molecule has 150 valence electrons. The number of methoxy groups -OCH3 is 2. The van der Waals surface area contributed by atoms with Gasteiger partial charge in [0.15, 0.2) is 16.6 Å². The number of carbonyl (C=O) groups is 2. The number of hydrogen-bond acceptors (Lipinski definition) is 6. The van der Waals surface area contributed by atoms with Gasteiger partial charge in [0.05, 0.1) is 24.4 Å². The zero-order chi connectivity index (χ0) is 21.3. The summed E-state index contributed by atoms with van der Waals surface area (Å²) in [6.45, 7) is 0. The van der Waals surface area contributed by atoms with Gasteiger partial charge in [-0.1, -0.05) is 0 Å². The van der Waals surface area contributed by atoms with Crippen molar-refractivity contribution < 1.29 is 24.2 Å². The van der Waals surface area contributed by atoms with E-state index in [0.717, 1.165) is 0 Å². The zero-order valence-electron chi connectivity index (χ0n) is 15.2. The fraction of sp³-hybridized carbons (Fsp3) is 0.105. The summed E-state index contributed by atoms with van der Waals surface area (Å²) < 4.78 is 11.0. The Labute approximate surface area is 188 Å². The van der Waals surface area contributed by atoms with E-state index in [0.29, 0.717) is 25.9 Å². The largest absolute Gasteiger partial charge is 0.503 e. The van der Waals surface area contributed by atoms with Crippen LogP contribution >= 0.6 is 44.1 Å². The summed E-state index contributed by atoms with van der Waals surface area (Å²) in [7, 11) is 2.93. The SMILES string of the molecule is COc1ccc(N2C(=O)/C(=C/c3cc(OC)c(O)c(Br)c3Br)C(=O)NC2=S)cc1.